The monoisotopic (exact) mass is 266 g/mol. The molecule has 2 rings (SSSR count). The Morgan fingerprint density at radius 3 is 3.06 bits per heavy atom. The topological polar surface area (TPSA) is 84.4 Å². The molecule has 0 saturated carbocycles. The van der Waals surface area contributed by atoms with Crippen LogP contribution in [0.3, 0.4) is 0 Å². The molecule has 0 aliphatic carbocycles. The first kappa shape index (κ1) is 13.2. The van der Waals surface area contributed by atoms with Crippen LogP contribution in [0.15, 0.2) is 23.1 Å². The molecular formula is C12H18N4OS. The van der Waals surface area contributed by atoms with Gasteiger partial charge in [0, 0.05) is 36.8 Å². The number of anilines is 2. The van der Waals surface area contributed by atoms with Gasteiger partial charge < -0.3 is 21.7 Å². The summed E-state index contributed by atoms with van der Waals surface area (Å²) in [4.78, 5) is 14.5. The molecule has 0 radical (unpaired) electrons. The summed E-state index contributed by atoms with van der Waals surface area (Å²) in [6, 6.07) is 5.99. The number of thioether (sulfide) groups is 1. The molecule has 1 aromatic rings. The van der Waals surface area contributed by atoms with E-state index in [4.69, 9.17) is 11.5 Å². The summed E-state index contributed by atoms with van der Waals surface area (Å²) in [5.74, 6) is 0.534. The van der Waals surface area contributed by atoms with Crippen LogP contribution >= 0.6 is 11.8 Å². The highest BCUT2D eigenvalue weighted by atomic mass is 32.2. The molecule has 6 heteroatoms. The zero-order chi connectivity index (χ0) is 13.1. The maximum absolute atomic E-state index is 11.3. The van der Waals surface area contributed by atoms with E-state index in [0.717, 1.165) is 16.3 Å². The first-order valence-electron chi connectivity index (χ1n) is 5.83. The van der Waals surface area contributed by atoms with E-state index in [9.17, 15) is 4.79 Å². The second kappa shape index (κ2) is 5.60. The highest BCUT2D eigenvalue weighted by molar-refractivity contribution is 8.00. The Labute approximate surface area is 111 Å². The number of benzene rings is 1. The number of fused-ring (bicyclic) bond motifs is 1. The number of amides is 1. The van der Waals surface area contributed by atoms with Gasteiger partial charge in [0.2, 0.25) is 5.91 Å². The van der Waals surface area contributed by atoms with Crippen molar-refractivity contribution in [1.82, 2.24) is 0 Å². The van der Waals surface area contributed by atoms with Gasteiger partial charge in [-0.2, -0.15) is 0 Å². The minimum atomic E-state index is -0.0463. The van der Waals surface area contributed by atoms with E-state index in [0.29, 0.717) is 18.8 Å². The average molecular weight is 266 g/mol. The van der Waals surface area contributed by atoms with Gasteiger partial charge in [0.1, 0.15) is 0 Å². The van der Waals surface area contributed by atoms with E-state index in [1.54, 1.807) is 11.8 Å². The summed E-state index contributed by atoms with van der Waals surface area (Å²) in [7, 11) is 1.97. The van der Waals surface area contributed by atoms with Crippen LogP contribution in [0.1, 0.15) is 0 Å². The summed E-state index contributed by atoms with van der Waals surface area (Å²) in [6.07, 6.45) is 0. The Bertz CT molecular complexity index is 452. The van der Waals surface area contributed by atoms with Crippen molar-refractivity contribution >= 4 is 29.0 Å². The zero-order valence-corrected chi connectivity index (χ0v) is 11.2. The van der Waals surface area contributed by atoms with E-state index in [1.165, 1.54) is 0 Å². The lowest BCUT2D eigenvalue weighted by molar-refractivity contribution is -0.113. The number of carbonyl (C=O) groups is 1. The summed E-state index contributed by atoms with van der Waals surface area (Å²) in [6.45, 7) is 1.15. The second-order valence-corrected chi connectivity index (χ2v) is 5.41. The molecule has 0 saturated heterocycles. The van der Waals surface area contributed by atoms with Crippen LogP contribution in [-0.2, 0) is 4.79 Å². The maximum Gasteiger partial charge on any atom is 0.234 e. The minimum Gasteiger partial charge on any atom is -0.373 e. The lowest BCUT2D eigenvalue weighted by Crippen LogP contribution is -2.40. The summed E-state index contributed by atoms with van der Waals surface area (Å²) >= 11 is 1.56. The normalized spacial score (nSPS) is 15.8. The Morgan fingerprint density at radius 2 is 2.33 bits per heavy atom. The molecule has 1 aliphatic rings. The van der Waals surface area contributed by atoms with Crippen molar-refractivity contribution in [3.63, 3.8) is 0 Å². The third-order valence-corrected chi connectivity index (χ3v) is 3.92. The van der Waals surface area contributed by atoms with Crippen LogP contribution in [0, 0.1) is 0 Å². The van der Waals surface area contributed by atoms with Crippen molar-refractivity contribution in [3.05, 3.63) is 18.2 Å². The van der Waals surface area contributed by atoms with Crippen molar-refractivity contribution in [2.45, 2.75) is 10.9 Å². The molecule has 1 aliphatic heterocycles. The molecule has 1 amide bonds. The fraction of sp³-hybridized carbons (Fsp3) is 0.417. The molecule has 0 spiro atoms. The molecule has 0 bridgehead atoms. The van der Waals surface area contributed by atoms with Crippen LogP contribution < -0.4 is 21.7 Å². The zero-order valence-electron chi connectivity index (χ0n) is 10.3. The predicted octanol–water partition coefficient (Wildman–Crippen LogP) is 0.453. The quantitative estimate of drug-likeness (QED) is 0.737. The SMILES string of the molecule is CN(CC(N)CN)c1ccc2c(c1)NC(=O)CS2. The first-order valence-corrected chi connectivity index (χ1v) is 6.82. The number of carbonyl (C=O) groups excluding carboxylic acids is 1. The van der Waals surface area contributed by atoms with E-state index >= 15 is 0 Å². The highest BCUT2D eigenvalue weighted by Gasteiger charge is 2.16. The van der Waals surface area contributed by atoms with Gasteiger partial charge in [-0.15, -0.1) is 11.8 Å². The van der Waals surface area contributed by atoms with Crippen molar-refractivity contribution in [1.29, 1.82) is 0 Å². The van der Waals surface area contributed by atoms with Crippen LogP contribution in [0.4, 0.5) is 11.4 Å². The Morgan fingerprint density at radius 1 is 1.56 bits per heavy atom. The molecule has 0 fully saturated rings. The van der Waals surface area contributed by atoms with Gasteiger partial charge in [0.25, 0.3) is 0 Å². The van der Waals surface area contributed by atoms with Gasteiger partial charge in [-0.05, 0) is 18.2 Å². The van der Waals surface area contributed by atoms with Crippen molar-refractivity contribution < 1.29 is 4.79 Å². The van der Waals surface area contributed by atoms with Crippen molar-refractivity contribution in [2.75, 3.05) is 36.1 Å². The van der Waals surface area contributed by atoms with Crippen LogP contribution in [-0.4, -0.2) is 37.8 Å². The molecule has 1 atom stereocenters. The second-order valence-electron chi connectivity index (χ2n) is 4.39. The van der Waals surface area contributed by atoms with Crippen LogP contribution in [0.5, 0.6) is 0 Å². The molecular weight excluding hydrogens is 248 g/mol. The molecule has 5 N–H and O–H groups in total. The lowest BCUT2D eigenvalue weighted by atomic mass is 10.2. The number of nitrogens with one attached hydrogen (secondary N) is 1. The Balaban J connectivity index is 2.15. The van der Waals surface area contributed by atoms with Gasteiger partial charge in [-0.25, -0.2) is 0 Å². The van der Waals surface area contributed by atoms with Crippen LogP contribution in [0.25, 0.3) is 0 Å². The summed E-state index contributed by atoms with van der Waals surface area (Å²) in [5.41, 5.74) is 13.3. The number of hydrogen-bond acceptors (Lipinski definition) is 5. The van der Waals surface area contributed by atoms with E-state index in [2.05, 4.69) is 5.32 Å². The fourth-order valence-corrected chi connectivity index (χ4v) is 2.63. The van der Waals surface area contributed by atoms with Gasteiger partial charge in [-0.3, -0.25) is 4.79 Å². The van der Waals surface area contributed by atoms with E-state index in [-0.39, 0.29) is 11.9 Å². The largest absolute Gasteiger partial charge is 0.373 e. The van der Waals surface area contributed by atoms with Gasteiger partial charge in [-0.1, -0.05) is 0 Å². The number of likely N-dealkylation sites (N-methyl/N-ethyl adjacent to an activating group) is 1. The predicted molar refractivity (Wildman–Crippen MR) is 76.1 cm³/mol. The van der Waals surface area contributed by atoms with Crippen LogP contribution in [0.2, 0.25) is 0 Å². The minimum absolute atomic E-state index is 0.0463. The summed E-state index contributed by atoms with van der Waals surface area (Å²) in [5, 5.41) is 2.88. The average Bonchev–Trinajstić information content (AvgIpc) is 2.37. The number of nitrogens with zero attached hydrogens (tertiary/aromatic N) is 1. The fourth-order valence-electron chi connectivity index (χ4n) is 1.84. The molecule has 5 nitrogen and oxygen atoms in total. The van der Waals surface area contributed by atoms with Crippen molar-refractivity contribution in [3.8, 4) is 0 Å². The molecule has 98 valence electrons. The molecule has 1 aromatic carbocycles. The molecule has 0 aromatic heterocycles. The number of hydrogen-bond donors (Lipinski definition) is 3. The standard InChI is InChI=1S/C12H18N4OS/c1-16(6-8(14)5-13)9-2-3-11-10(4-9)15-12(17)7-18-11/h2-4,8H,5-7,13-14H2,1H3,(H,15,17). The lowest BCUT2D eigenvalue weighted by Gasteiger charge is -2.25. The Kier molecular flexibility index (Phi) is 4.11. The smallest absolute Gasteiger partial charge is 0.234 e. The van der Waals surface area contributed by atoms with E-state index in [1.807, 2.05) is 30.1 Å². The van der Waals surface area contributed by atoms with E-state index < -0.39 is 0 Å². The molecule has 1 heterocycles. The van der Waals surface area contributed by atoms with Crippen molar-refractivity contribution in [2.24, 2.45) is 11.5 Å². The Hall–Kier alpha value is -1.24. The van der Waals surface area contributed by atoms with Gasteiger partial charge >= 0.3 is 0 Å². The summed E-state index contributed by atoms with van der Waals surface area (Å²) < 4.78 is 0. The highest BCUT2D eigenvalue weighted by Crippen LogP contribution is 2.34. The maximum atomic E-state index is 11.3. The molecule has 18 heavy (non-hydrogen) atoms. The number of rotatable bonds is 4. The van der Waals surface area contributed by atoms with Gasteiger partial charge in [0.15, 0.2) is 0 Å². The first-order chi connectivity index (χ1) is 8.60. The van der Waals surface area contributed by atoms with Gasteiger partial charge in [0.05, 0.1) is 11.4 Å². The molecule has 1 unspecified atom stereocenters. The number of nitrogens with two attached hydrogens (primary N) is 2. The third kappa shape index (κ3) is 2.95. The third-order valence-electron chi connectivity index (χ3n) is 2.85.